The zero-order chi connectivity index (χ0) is 28.7. The van der Waals surface area contributed by atoms with Crippen molar-refractivity contribution in [2.45, 2.75) is 31.3 Å². The van der Waals surface area contributed by atoms with Gasteiger partial charge in [0.25, 0.3) is 10.0 Å². The first-order chi connectivity index (χ1) is 18.5. The number of methoxy groups -OCH3 is 1. The van der Waals surface area contributed by atoms with Crippen LogP contribution in [0.2, 0.25) is 15.1 Å². The van der Waals surface area contributed by atoms with Crippen molar-refractivity contribution >= 4 is 62.3 Å². The monoisotopic (exact) mass is 611 g/mol. The Kier molecular flexibility index (Phi) is 10.5. The van der Waals surface area contributed by atoms with E-state index in [1.54, 1.807) is 44.2 Å². The van der Waals surface area contributed by atoms with Crippen LogP contribution in [0, 0.1) is 0 Å². The van der Waals surface area contributed by atoms with E-state index >= 15 is 0 Å². The lowest BCUT2D eigenvalue weighted by atomic mass is 10.1. The van der Waals surface area contributed by atoms with Gasteiger partial charge in [-0.05, 0) is 61.9 Å². The first kappa shape index (κ1) is 30.6. The van der Waals surface area contributed by atoms with Crippen LogP contribution in [-0.2, 0) is 26.2 Å². The van der Waals surface area contributed by atoms with Gasteiger partial charge in [-0.15, -0.1) is 0 Å². The molecule has 1 atom stereocenters. The van der Waals surface area contributed by atoms with Gasteiger partial charge in [-0.25, -0.2) is 8.42 Å². The lowest BCUT2D eigenvalue weighted by molar-refractivity contribution is -0.139. The molecule has 0 saturated carbocycles. The predicted octanol–water partition coefficient (Wildman–Crippen LogP) is 5.40. The second kappa shape index (κ2) is 13.4. The van der Waals surface area contributed by atoms with Crippen molar-refractivity contribution in [1.29, 1.82) is 0 Å². The maximum atomic E-state index is 13.9. The molecular formula is C27H28Cl3N3O5S. The number of ether oxygens (including phenoxy) is 1. The highest BCUT2D eigenvalue weighted by molar-refractivity contribution is 7.92. The number of rotatable bonds is 11. The molecule has 0 saturated heterocycles. The number of amides is 2. The Morgan fingerprint density at radius 1 is 0.974 bits per heavy atom. The number of likely N-dealkylation sites (N-methyl/N-ethyl adjacent to an activating group) is 1. The summed E-state index contributed by atoms with van der Waals surface area (Å²) in [6.07, 6.45) is 0. The minimum Gasteiger partial charge on any atom is -0.495 e. The van der Waals surface area contributed by atoms with E-state index in [0.717, 1.165) is 4.31 Å². The predicted molar refractivity (Wildman–Crippen MR) is 154 cm³/mol. The number of benzene rings is 3. The lowest BCUT2D eigenvalue weighted by Crippen LogP contribution is -2.51. The van der Waals surface area contributed by atoms with Gasteiger partial charge in [0, 0.05) is 23.1 Å². The number of hydrogen-bond donors (Lipinski definition) is 1. The molecule has 0 aliphatic rings. The van der Waals surface area contributed by atoms with E-state index < -0.39 is 34.4 Å². The van der Waals surface area contributed by atoms with Crippen LogP contribution in [-0.4, -0.2) is 51.4 Å². The maximum Gasteiger partial charge on any atom is 0.264 e. The Bertz CT molecular complexity index is 1440. The summed E-state index contributed by atoms with van der Waals surface area (Å²) < 4.78 is 33.7. The van der Waals surface area contributed by atoms with Gasteiger partial charge in [-0.2, -0.15) is 0 Å². The van der Waals surface area contributed by atoms with Crippen LogP contribution < -0.4 is 14.4 Å². The van der Waals surface area contributed by atoms with Crippen LogP contribution >= 0.6 is 34.8 Å². The van der Waals surface area contributed by atoms with E-state index in [2.05, 4.69) is 5.32 Å². The van der Waals surface area contributed by atoms with Gasteiger partial charge < -0.3 is 15.0 Å². The molecule has 39 heavy (non-hydrogen) atoms. The molecule has 3 rings (SSSR count). The topological polar surface area (TPSA) is 96.0 Å². The average molecular weight is 613 g/mol. The summed E-state index contributed by atoms with van der Waals surface area (Å²) in [6, 6.07) is 16.0. The highest BCUT2D eigenvalue weighted by Crippen LogP contribution is 2.32. The number of nitrogens with one attached hydrogen (secondary N) is 1. The molecule has 0 radical (unpaired) electrons. The lowest BCUT2D eigenvalue weighted by Gasteiger charge is -2.32. The van der Waals surface area contributed by atoms with Gasteiger partial charge in [0.05, 0.1) is 22.7 Å². The fraction of sp³-hybridized carbons (Fsp3) is 0.259. The summed E-state index contributed by atoms with van der Waals surface area (Å²) in [7, 11) is -2.78. The standard InChI is InChI=1S/C27H28Cl3N3O5S/c1-4-31-27(35)18(2)32(16-19-10-11-20(28)14-23(19)29)26(34)17-33(21-12-13-25(38-3)24(30)15-21)39(36,37)22-8-6-5-7-9-22/h5-15,18H,4,16-17H2,1-3H3,(H,31,35)/t18-/m0/s1. The molecule has 1 N–H and O–H groups in total. The number of nitrogens with zero attached hydrogens (tertiary/aromatic N) is 2. The zero-order valence-electron chi connectivity index (χ0n) is 21.5. The second-order valence-electron chi connectivity index (χ2n) is 8.47. The molecule has 208 valence electrons. The minimum absolute atomic E-state index is 0.0196. The first-order valence-corrected chi connectivity index (χ1v) is 14.5. The average Bonchev–Trinajstić information content (AvgIpc) is 2.91. The van der Waals surface area contributed by atoms with E-state index in [-0.39, 0.29) is 22.2 Å². The van der Waals surface area contributed by atoms with Gasteiger partial charge in [-0.3, -0.25) is 13.9 Å². The third kappa shape index (κ3) is 7.36. The molecule has 3 aromatic carbocycles. The van der Waals surface area contributed by atoms with Crippen LogP contribution in [0.1, 0.15) is 19.4 Å². The van der Waals surface area contributed by atoms with E-state index in [1.807, 2.05) is 0 Å². The van der Waals surface area contributed by atoms with E-state index in [4.69, 9.17) is 39.5 Å². The number of carbonyl (C=O) groups excluding carboxylic acids is 2. The quantitative estimate of drug-likeness (QED) is 0.313. The van der Waals surface area contributed by atoms with Crippen molar-refractivity contribution in [1.82, 2.24) is 10.2 Å². The van der Waals surface area contributed by atoms with Gasteiger partial charge >= 0.3 is 0 Å². The van der Waals surface area contributed by atoms with Crippen LogP contribution in [0.5, 0.6) is 5.75 Å². The van der Waals surface area contributed by atoms with Crippen LogP contribution in [0.4, 0.5) is 5.69 Å². The molecule has 0 spiro atoms. The Labute approximate surface area is 243 Å². The van der Waals surface area contributed by atoms with Crippen molar-refractivity contribution < 1.29 is 22.7 Å². The normalized spacial score (nSPS) is 11.9. The van der Waals surface area contributed by atoms with E-state index in [9.17, 15) is 18.0 Å². The molecule has 0 aliphatic heterocycles. The van der Waals surface area contributed by atoms with Crippen molar-refractivity contribution in [2.24, 2.45) is 0 Å². The molecule has 0 aromatic heterocycles. The fourth-order valence-electron chi connectivity index (χ4n) is 3.80. The molecule has 0 unspecified atom stereocenters. The van der Waals surface area contributed by atoms with E-state index in [0.29, 0.717) is 27.9 Å². The summed E-state index contributed by atoms with van der Waals surface area (Å²) in [5.41, 5.74) is 0.684. The highest BCUT2D eigenvalue weighted by atomic mass is 35.5. The Morgan fingerprint density at radius 2 is 1.67 bits per heavy atom. The van der Waals surface area contributed by atoms with Gasteiger partial charge in [-0.1, -0.05) is 59.1 Å². The number of hydrogen-bond acceptors (Lipinski definition) is 5. The number of halogens is 3. The summed E-state index contributed by atoms with van der Waals surface area (Å²) in [6.45, 7) is 3.00. The van der Waals surface area contributed by atoms with E-state index in [1.165, 1.54) is 48.4 Å². The van der Waals surface area contributed by atoms with Crippen LogP contribution in [0.3, 0.4) is 0 Å². The van der Waals surface area contributed by atoms with Crippen molar-refractivity contribution in [3.63, 3.8) is 0 Å². The van der Waals surface area contributed by atoms with Crippen LogP contribution in [0.25, 0.3) is 0 Å². The van der Waals surface area contributed by atoms with Gasteiger partial charge in [0.2, 0.25) is 11.8 Å². The third-order valence-corrected chi connectivity index (χ3v) is 8.58. The summed E-state index contributed by atoms with van der Waals surface area (Å²) >= 11 is 18.7. The summed E-state index contributed by atoms with van der Waals surface area (Å²) in [5.74, 6) is -0.695. The molecule has 12 heteroatoms. The molecule has 0 aliphatic carbocycles. The van der Waals surface area contributed by atoms with Crippen molar-refractivity contribution in [3.8, 4) is 5.75 Å². The molecule has 3 aromatic rings. The number of carbonyl (C=O) groups is 2. The zero-order valence-corrected chi connectivity index (χ0v) is 24.6. The molecule has 8 nitrogen and oxygen atoms in total. The van der Waals surface area contributed by atoms with Crippen molar-refractivity contribution in [2.75, 3.05) is 24.5 Å². The number of anilines is 1. The maximum absolute atomic E-state index is 13.9. The molecule has 0 bridgehead atoms. The Hall–Kier alpha value is -2.98. The van der Waals surface area contributed by atoms with Gasteiger partial charge in [0.1, 0.15) is 18.3 Å². The minimum atomic E-state index is -4.22. The second-order valence-corrected chi connectivity index (χ2v) is 11.6. The summed E-state index contributed by atoms with van der Waals surface area (Å²) in [4.78, 5) is 27.9. The SMILES string of the molecule is CCNC(=O)[C@H](C)N(Cc1ccc(Cl)cc1Cl)C(=O)CN(c1ccc(OC)c(Cl)c1)S(=O)(=O)c1ccccc1. The first-order valence-electron chi connectivity index (χ1n) is 11.9. The molecule has 0 fully saturated rings. The molecular weight excluding hydrogens is 585 g/mol. The molecule has 2 amide bonds. The van der Waals surface area contributed by atoms with Crippen LogP contribution in [0.15, 0.2) is 71.6 Å². The third-order valence-electron chi connectivity index (χ3n) is 5.91. The van der Waals surface area contributed by atoms with Gasteiger partial charge in [0.15, 0.2) is 0 Å². The summed E-state index contributed by atoms with van der Waals surface area (Å²) in [5, 5.41) is 3.58. The Morgan fingerprint density at radius 3 is 2.26 bits per heavy atom. The highest BCUT2D eigenvalue weighted by Gasteiger charge is 2.33. The van der Waals surface area contributed by atoms with Crippen molar-refractivity contribution in [3.05, 3.63) is 87.4 Å². The number of sulfonamides is 1. The largest absolute Gasteiger partial charge is 0.495 e. The smallest absolute Gasteiger partial charge is 0.264 e. The molecule has 0 heterocycles. The fourth-order valence-corrected chi connectivity index (χ4v) is 5.94. The Balaban J connectivity index is 2.07.